The smallest absolute Gasteiger partial charge is 0.320 e. The summed E-state index contributed by atoms with van der Waals surface area (Å²) in [4.78, 5) is 10.7. The van der Waals surface area contributed by atoms with Crippen molar-refractivity contribution in [2.45, 2.75) is 24.9 Å². The third kappa shape index (κ3) is 2.88. The molecule has 3 nitrogen and oxygen atoms in total. The summed E-state index contributed by atoms with van der Waals surface area (Å²) < 4.78 is 0. The van der Waals surface area contributed by atoms with Gasteiger partial charge in [-0.15, -0.1) is 12.4 Å². The molecule has 0 aromatic heterocycles. The average Bonchev–Trinajstić information content (AvgIpc) is 2.68. The number of hydrogen-bond acceptors (Lipinski definition) is 2. The Morgan fingerprint density at radius 2 is 1.94 bits per heavy atom. The van der Waals surface area contributed by atoms with Crippen LogP contribution in [0.4, 0.5) is 0 Å². The maximum atomic E-state index is 10.7. The summed E-state index contributed by atoms with van der Waals surface area (Å²) in [5, 5.41) is 12.6. The maximum Gasteiger partial charge on any atom is 0.320 e. The summed E-state index contributed by atoms with van der Waals surface area (Å²) in [5.41, 5.74) is 1.10. The number of carboxylic acid groups (broad SMARTS) is 1. The van der Waals surface area contributed by atoms with Gasteiger partial charge in [-0.1, -0.05) is 23.7 Å². The minimum atomic E-state index is -0.772. The fraction of sp³-hybridized carbons (Fsp3) is 0.364. The molecular formula is C11H13Cl2NO2. The molecule has 1 fully saturated rings. The number of aliphatic carboxylic acids is 1. The molecule has 2 rings (SSSR count). The molecule has 88 valence electrons. The zero-order valence-electron chi connectivity index (χ0n) is 8.52. The van der Waals surface area contributed by atoms with Crippen molar-refractivity contribution < 1.29 is 9.90 Å². The number of nitrogens with one attached hydrogen (secondary N) is 1. The van der Waals surface area contributed by atoms with Gasteiger partial charge >= 0.3 is 5.97 Å². The number of hydrogen-bond donors (Lipinski definition) is 2. The van der Waals surface area contributed by atoms with Crippen molar-refractivity contribution in [3.05, 3.63) is 34.9 Å². The lowest BCUT2D eigenvalue weighted by molar-refractivity contribution is -0.139. The summed E-state index contributed by atoms with van der Waals surface area (Å²) in [5.74, 6) is -0.772. The molecule has 0 spiro atoms. The van der Waals surface area contributed by atoms with Crippen LogP contribution in [-0.2, 0) is 4.79 Å². The van der Waals surface area contributed by atoms with Gasteiger partial charge < -0.3 is 5.11 Å². The van der Waals surface area contributed by atoms with Crippen LogP contribution in [0.1, 0.15) is 24.4 Å². The highest BCUT2D eigenvalue weighted by Crippen LogP contribution is 2.27. The first-order valence-electron chi connectivity index (χ1n) is 4.91. The fourth-order valence-corrected chi connectivity index (χ4v) is 2.02. The van der Waals surface area contributed by atoms with E-state index in [1.165, 1.54) is 0 Å². The van der Waals surface area contributed by atoms with Crippen LogP contribution < -0.4 is 5.32 Å². The Morgan fingerprint density at radius 3 is 2.44 bits per heavy atom. The molecule has 0 bridgehead atoms. The fourth-order valence-electron chi connectivity index (χ4n) is 1.90. The van der Waals surface area contributed by atoms with E-state index >= 15 is 0 Å². The number of rotatable bonds is 2. The van der Waals surface area contributed by atoms with E-state index in [-0.39, 0.29) is 18.4 Å². The van der Waals surface area contributed by atoms with Crippen molar-refractivity contribution in [2.24, 2.45) is 0 Å². The van der Waals surface area contributed by atoms with Crippen molar-refractivity contribution in [3.63, 3.8) is 0 Å². The molecule has 0 unspecified atom stereocenters. The normalized spacial score (nSPS) is 23.8. The summed E-state index contributed by atoms with van der Waals surface area (Å²) in [7, 11) is 0. The van der Waals surface area contributed by atoms with Gasteiger partial charge in [0.25, 0.3) is 0 Å². The Balaban J connectivity index is 0.00000128. The van der Waals surface area contributed by atoms with Crippen molar-refractivity contribution in [1.29, 1.82) is 0 Å². The van der Waals surface area contributed by atoms with Gasteiger partial charge in [-0.05, 0) is 30.5 Å². The topological polar surface area (TPSA) is 49.3 Å². The summed E-state index contributed by atoms with van der Waals surface area (Å²) in [6, 6.07) is 7.25. The van der Waals surface area contributed by atoms with Gasteiger partial charge in [0.1, 0.15) is 6.04 Å². The second-order valence-corrected chi connectivity index (χ2v) is 4.18. The molecule has 2 N–H and O–H groups in total. The van der Waals surface area contributed by atoms with Crippen LogP contribution in [0.2, 0.25) is 5.02 Å². The first-order chi connectivity index (χ1) is 7.16. The SMILES string of the molecule is Cl.O=C(O)[C@@H]1CC[C@@H](c2ccc(Cl)cc2)N1. The quantitative estimate of drug-likeness (QED) is 0.861. The maximum absolute atomic E-state index is 10.7. The van der Waals surface area contributed by atoms with Gasteiger partial charge in [0, 0.05) is 11.1 Å². The van der Waals surface area contributed by atoms with Crippen LogP contribution in [0.25, 0.3) is 0 Å². The van der Waals surface area contributed by atoms with Crippen molar-refractivity contribution >= 4 is 30.0 Å². The van der Waals surface area contributed by atoms with Gasteiger partial charge in [-0.2, -0.15) is 0 Å². The van der Waals surface area contributed by atoms with E-state index in [9.17, 15) is 4.79 Å². The molecule has 0 saturated carbocycles. The van der Waals surface area contributed by atoms with Crippen molar-refractivity contribution in [2.75, 3.05) is 0 Å². The van der Waals surface area contributed by atoms with Crippen LogP contribution >= 0.6 is 24.0 Å². The Kier molecular flexibility index (Phi) is 4.59. The van der Waals surface area contributed by atoms with Crippen LogP contribution in [0, 0.1) is 0 Å². The van der Waals surface area contributed by atoms with Crippen LogP contribution in [0.3, 0.4) is 0 Å². The highest BCUT2D eigenvalue weighted by molar-refractivity contribution is 6.30. The monoisotopic (exact) mass is 261 g/mol. The van der Waals surface area contributed by atoms with Crippen LogP contribution in [0.15, 0.2) is 24.3 Å². The molecule has 0 amide bonds. The Hall–Kier alpha value is -0.770. The van der Waals surface area contributed by atoms with Gasteiger partial charge in [-0.3, -0.25) is 10.1 Å². The molecule has 1 saturated heterocycles. The predicted molar refractivity (Wildman–Crippen MR) is 65.2 cm³/mol. The van der Waals surface area contributed by atoms with Crippen molar-refractivity contribution in [3.8, 4) is 0 Å². The highest BCUT2D eigenvalue weighted by Gasteiger charge is 2.29. The first-order valence-corrected chi connectivity index (χ1v) is 5.29. The zero-order valence-corrected chi connectivity index (χ0v) is 10.1. The molecule has 0 radical (unpaired) electrons. The lowest BCUT2D eigenvalue weighted by atomic mass is 10.1. The number of halogens is 2. The molecule has 16 heavy (non-hydrogen) atoms. The average molecular weight is 262 g/mol. The first kappa shape index (κ1) is 13.3. The second-order valence-electron chi connectivity index (χ2n) is 3.74. The molecule has 2 atom stereocenters. The molecule has 1 aliphatic rings. The van der Waals surface area contributed by atoms with Crippen LogP contribution in [0.5, 0.6) is 0 Å². The van der Waals surface area contributed by atoms with Crippen LogP contribution in [-0.4, -0.2) is 17.1 Å². The Labute approximate surface area is 105 Å². The van der Waals surface area contributed by atoms with E-state index < -0.39 is 12.0 Å². The largest absolute Gasteiger partial charge is 0.480 e. The van der Waals surface area contributed by atoms with Crippen molar-refractivity contribution in [1.82, 2.24) is 5.32 Å². The molecular weight excluding hydrogens is 249 g/mol. The molecule has 1 heterocycles. The van der Waals surface area contributed by atoms with E-state index in [2.05, 4.69) is 5.32 Å². The minimum absolute atomic E-state index is 0. The lowest BCUT2D eigenvalue weighted by Gasteiger charge is -2.12. The van der Waals surface area contributed by atoms with E-state index in [1.807, 2.05) is 24.3 Å². The highest BCUT2D eigenvalue weighted by atomic mass is 35.5. The van der Waals surface area contributed by atoms with Gasteiger partial charge in [0.2, 0.25) is 0 Å². The minimum Gasteiger partial charge on any atom is -0.480 e. The predicted octanol–water partition coefficient (Wildman–Crippen LogP) is 2.64. The van der Waals surface area contributed by atoms with E-state index in [0.29, 0.717) is 11.4 Å². The number of carboxylic acids is 1. The third-order valence-electron chi connectivity index (χ3n) is 2.72. The lowest BCUT2D eigenvalue weighted by Crippen LogP contribution is -2.31. The molecule has 1 aromatic carbocycles. The van der Waals surface area contributed by atoms with Gasteiger partial charge in [0.05, 0.1) is 0 Å². The Bertz CT molecular complexity index is 367. The summed E-state index contributed by atoms with van der Waals surface area (Å²) >= 11 is 5.78. The standard InChI is InChI=1S/C11H12ClNO2.ClH/c12-8-3-1-7(2-4-8)9-5-6-10(13-9)11(14)15;/h1-4,9-10,13H,5-6H2,(H,14,15);1H/t9-,10-;/m0./s1. The summed E-state index contributed by atoms with van der Waals surface area (Å²) in [6.45, 7) is 0. The molecule has 0 aliphatic carbocycles. The summed E-state index contributed by atoms with van der Waals surface area (Å²) in [6.07, 6.45) is 1.54. The van der Waals surface area contributed by atoms with E-state index in [0.717, 1.165) is 12.0 Å². The second kappa shape index (κ2) is 5.53. The Morgan fingerprint density at radius 1 is 1.31 bits per heavy atom. The number of benzene rings is 1. The van der Waals surface area contributed by atoms with Gasteiger partial charge in [0.15, 0.2) is 0 Å². The zero-order chi connectivity index (χ0) is 10.8. The van der Waals surface area contributed by atoms with E-state index in [4.69, 9.17) is 16.7 Å². The number of carbonyl (C=O) groups is 1. The van der Waals surface area contributed by atoms with Gasteiger partial charge in [-0.25, -0.2) is 0 Å². The molecule has 1 aromatic rings. The molecule has 1 aliphatic heterocycles. The third-order valence-corrected chi connectivity index (χ3v) is 2.97. The van der Waals surface area contributed by atoms with E-state index in [1.54, 1.807) is 0 Å². The molecule has 5 heteroatoms.